The maximum atomic E-state index is 10.8. The molecule has 2 unspecified atom stereocenters. The van der Waals surface area contributed by atoms with E-state index >= 15 is 0 Å². The molecule has 0 saturated heterocycles. The molecule has 5 heteroatoms. The van der Waals surface area contributed by atoms with E-state index in [0.29, 0.717) is 11.5 Å². The first-order chi connectivity index (χ1) is 7.73. The molecule has 0 aliphatic carbocycles. The Kier molecular flexibility index (Phi) is 7.35. The fraction of sp³-hybridized carbons (Fsp3) is 0.500. The van der Waals surface area contributed by atoms with Crippen LogP contribution in [0.2, 0.25) is 6.85 Å². The molecule has 0 N–H and O–H groups in total. The molecule has 0 aromatic rings. The van der Waals surface area contributed by atoms with Gasteiger partial charge in [0.2, 0.25) is 0 Å². The van der Waals surface area contributed by atoms with E-state index in [9.17, 15) is 9.59 Å². The van der Waals surface area contributed by atoms with Crippen LogP contribution < -0.4 is 0 Å². The number of hydrogen-bond donors (Lipinski definition) is 0. The number of carbonyl (C=O) groups is 2. The Morgan fingerprint density at radius 3 is 1.47 bits per heavy atom. The Morgan fingerprint density at radius 1 is 0.941 bits per heavy atom. The minimum atomic E-state index is -1.47. The zero-order valence-corrected chi connectivity index (χ0v) is 16.4. The van der Waals surface area contributed by atoms with Gasteiger partial charge in [0.1, 0.15) is 0 Å². The third kappa shape index (κ3) is 7.31. The van der Waals surface area contributed by atoms with Crippen LogP contribution in [0.4, 0.5) is 0 Å². The predicted molar refractivity (Wildman–Crippen MR) is 60.7 cm³/mol. The molecule has 0 bridgehead atoms. The van der Waals surface area contributed by atoms with Crippen LogP contribution in [0.25, 0.3) is 0 Å². The van der Waals surface area contributed by atoms with Crippen LogP contribution in [-0.2, 0) is 43.6 Å². The minimum absolute atomic E-state index is 0.209. The summed E-state index contributed by atoms with van der Waals surface area (Å²) >= 11 is -1.47. The summed E-state index contributed by atoms with van der Waals surface area (Å²) in [5, 5.41) is 0. The molecular formula is C12H18HgO4. The van der Waals surface area contributed by atoms with Gasteiger partial charge in [-0.25, -0.2) is 0 Å². The first-order valence-electron chi connectivity index (χ1n) is 5.48. The fourth-order valence-corrected chi connectivity index (χ4v) is 8.18. The van der Waals surface area contributed by atoms with Gasteiger partial charge in [0.15, 0.2) is 0 Å². The van der Waals surface area contributed by atoms with Crippen molar-refractivity contribution < 1.29 is 43.6 Å². The Morgan fingerprint density at radius 2 is 1.24 bits per heavy atom. The van der Waals surface area contributed by atoms with Gasteiger partial charge >= 0.3 is 115 Å². The van der Waals surface area contributed by atoms with Gasteiger partial charge in [-0.15, -0.1) is 0 Å². The maximum absolute atomic E-state index is 10.8. The molecule has 0 aliphatic rings. The van der Waals surface area contributed by atoms with Crippen molar-refractivity contribution in [2.24, 2.45) is 0 Å². The van der Waals surface area contributed by atoms with Crippen LogP contribution in [0.1, 0.15) is 27.7 Å². The van der Waals surface area contributed by atoms with Crippen molar-refractivity contribution in [1.82, 2.24) is 0 Å². The van der Waals surface area contributed by atoms with Crippen LogP contribution in [0, 0.1) is 0 Å². The Labute approximate surface area is 114 Å². The monoisotopic (exact) mass is 428 g/mol. The first-order valence-corrected chi connectivity index (χ1v) is 11.8. The van der Waals surface area contributed by atoms with E-state index in [0.717, 1.165) is 0 Å². The molecular weight excluding hydrogens is 409 g/mol. The fourth-order valence-electron chi connectivity index (χ4n) is 1.36. The molecule has 0 amide bonds. The topological polar surface area (TPSA) is 52.6 Å². The van der Waals surface area contributed by atoms with Crippen molar-refractivity contribution >= 4 is 11.9 Å². The molecule has 0 saturated carbocycles. The molecule has 0 aliphatic heterocycles. The van der Waals surface area contributed by atoms with Gasteiger partial charge in [0.25, 0.3) is 0 Å². The van der Waals surface area contributed by atoms with Crippen molar-refractivity contribution in [1.29, 1.82) is 0 Å². The summed E-state index contributed by atoms with van der Waals surface area (Å²) in [6.07, 6.45) is 0. The summed E-state index contributed by atoms with van der Waals surface area (Å²) in [7, 11) is 0. The van der Waals surface area contributed by atoms with E-state index in [1.165, 1.54) is 13.8 Å². The second-order valence-corrected chi connectivity index (χ2v) is 15.5. The molecule has 17 heavy (non-hydrogen) atoms. The summed E-state index contributed by atoms with van der Waals surface area (Å²) in [4.78, 5) is 21.6. The van der Waals surface area contributed by atoms with Gasteiger partial charge in [-0.05, 0) is 0 Å². The number of carbonyl (C=O) groups excluding carboxylic acids is 2. The van der Waals surface area contributed by atoms with E-state index in [1.54, 1.807) is 0 Å². The van der Waals surface area contributed by atoms with Crippen molar-refractivity contribution in [2.75, 3.05) is 0 Å². The van der Waals surface area contributed by atoms with Crippen molar-refractivity contribution in [3.05, 3.63) is 24.7 Å². The van der Waals surface area contributed by atoms with Gasteiger partial charge in [0.05, 0.1) is 0 Å². The molecule has 0 heterocycles. The van der Waals surface area contributed by atoms with Crippen molar-refractivity contribution in [2.45, 2.75) is 34.5 Å². The summed E-state index contributed by atoms with van der Waals surface area (Å²) < 4.78 is 10.3. The summed E-state index contributed by atoms with van der Waals surface area (Å²) in [5.74, 6) is 0.340. The van der Waals surface area contributed by atoms with Gasteiger partial charge < -0.3 is 0 Å². The molecule has 0 fully saturated rings. The normalized spacial score (nSPS) is 12.9. The Hall–Kier alpha value is -0.645. The van der Waals surface area contributed by atoms with E-state index in [1.807, 2.05) is 13.8 Å². The number of esters is 2. The van der Waals surface area contributed by atoms with Crippen LogP contribution in [0.3, 0.4) is 0 Å². The predicted octanol–water partition coefficient (Wildman–Crippen LogP) is 2.84. The molecule has 0 radical (unpaired) electrons. The van der Waals surface area contributed by atoms with Gasteiger partial charge in [0, 0.05) is 0 Å². The molecule has 0 rings (SSSR count). The van der Waals surface area contributed by atoms with Crippen LogP contribution in [0.15, 0.2) is 24.7 Å². The van der Waals surface area contributed by atoms with Crippen molar-refractivity contribution in [3.63, 3.8) is 0 Å². The Bertz CT molecular complexity index is 303. The van der Waals surface area contributed by atoms with Crippen LogP contribution in [0.5, 0.6) is 0 Å². The third-order valence-electron chi connectivity index (χ3n) is 2.36. The summed E-state index contributed by atoms with van der Waals surface area (Å²) in [6.45, 7) is 14.2. The number of rotatable bonds is 6. The molecule has 0 spiro atoms. The third-order valence-corrected chi connectivity index (χ3v) is 11.4. The second-order valence-electron chi connectivity index (χ2n) is 4.16. The van der Waals surface area contributed by atoms with Crippen LogP contribution >= 0.6 is 0 Å². The van der Waals surface area contributed by atoms with E-state index < -0.39 is 24.6 Å². The van der Waals surface area contributed by atoms with E-state index in [2.05, 4.69) is 13.2 Å². The molecule has 2 atom stereocenters. The molecule has 0 aromatic heterocycles. The SMILES string of the molecule is C=C(OC(C)=O)[CH](C)[Hg][CH](C)C(=C)OC(C)=O. The standard InChI is InChI=1S/2C6H9O2.Hg/c2*1-4-5(2)8-6(3)7;/h2*4H,2H2,1,3H3;. The van der Waals surface area contributed by atoms with E-state index in [-0.39, 0.29) is 18.8 Å². The summed E-state index contributed by atoms with van der Waals surface area (Å²) in [5.41, 5.74) is 0. The van der Waals surface area contributed by atoms with Gasteiger partial charge in [-0.1, -0.05) is 0 Å². The molecule has 92 valence electrons. The zero-order chi connectivity index (χ0) is 13.6. The number of ether oxygens (including phenoxy) is 2. The van der Waals surface area contributed by atoms with Gasteiger partial charge in [-0.3, -0.25) is 0 Å². The average molecular weight is 427 g/mol. The second kappa shape index (κ2) is 7.64. The molecule has 0 aromatic carbocycles. The summed E-state index contributed by atoms with van der Waals surface area (Å²) in [6, 6.07) is 0. The first kappa shape index (κ1) is 16.4. The average Bonchev–Trinajstić information content (AvgIpc) is 2.15. The van der Waals surface area contributed by atoms with Gasteiger partial charge in [-0.2, -0.15) is 0 Å². The van der Waals surface area contributed by atoms with Crippen LogP contribution in [-0.4, -0.2) is 11.9 Å². The number of hydrogen-bond acceptors (Lipinski definition) is 4. The molecule has 4 nitrogen and oxygen atoms in total. The zero-order valence-electron chi connectivity index (χ0n) is 10.9. The Balaban J connectivity index is 4.23. The number of allylic oxidation sites excluding steroid dienone is 2. The van der Waals surface area contributed by atoms with E-state index in [4.69, 9.17) is 9.47 Å². The quantitative estimate of drug-likeness (QED) is 0.372. The van der Waals surface area contributed by atoms with Crippen molar-refractivity contribution in [3.8, 4) is 0 Å².